The number of carbonyl (C=O) groups excluding carboxylic acids is 1. The first-order valence-electron chi connectivity index (χ1n) is 12.2. The van der Waals surface area contributed by atoms with Crippen LogP contribution in [0.4, 0.5) is 0 Å². The van der Waals surface area contributed by atoms with Gasteiger partial charge in [-0.3, -0.25) is 4.79 Å². The molecule has 8 heteroatoms. The smallest absolute Gasteiger partial charge is 0.257 e. The summed E-state index contributed by atoms with van der Waals surface area (Å²) in [5.74, 6) is 1.60. The van der Waals surface area contributed by atoms with Gasteiger partial charge in [-0.05, 0) is 51.1 Å². The van der Waals surface area contributed by atoms with Crippen LogP contribution in [0.25, 0.3) is 17.2 Å². The van der Waals surface area contributed by atoms with E-state index in [1.165, 1.54) is 0 Å². The summed E-state index contributed by atoms with van der Waals surface area (Å²) in [5.41, 5.74) is 3.31. The second kappa shape index (κ2) is 10.8. The van der Waals surface area contributed by atoms with Gasteiger partial charge in [-0.2, -0.15) is 5.10 Å². The van der Waals surface area contributed by atoms with Gasteiger partial charge in [0, 0.05) is 37.3 Å². The number of aromatic nitrogens is 4. The number of amides is 1. The Morgan fingerprint density at radius 3 is 2.59 bits per heavy atom. The molecule has 180 valence electrons. The third kappa shape index (κ3) is 5.12. The predicted octanol–water partition coefficient (Wildman–Crippen LogP) is 4.02. The van der Waals surface area contributed by atoms with Crippen molar-refractivity contribution >= 4 is 5.91 Å². The maximum absolute atomic E-state index is 13.5. The second-order valence-electron chi connectivity index (χ2n) is 8.52. The summed E-state index contributed by atoms with van der Waals surface area (Å²) in [4.78, 5) is 27.0. The lowest BCUT2D eigenvalue weighted by Gasteiger charge is -2.25. The van der Waals surface area contributed by atoms with E-state index in [9.17, 15) is 4.79 Å². The molecule has 0 bridgehead atoms. The summed E-state index contributed by atoms with van der Waals surface area (Å²) in [6, 6.07) is 9.65. The van der Waals surface area contributed by atoms with Crippen molar-refractivity contribution < 1.29 is 9.53 Å². The molecule has 0 atom stereocenters. The lowest BCUT2D eigenvalue weighted by atomic mass is 10.1. The summed E-state index contributed by atoms with van der Waals surface area (Å²) in [6.45, 7) is 10.5. The quantitative estimate of drug-likeness (QED) is 0.428. The second-order valence-corrected chi connectivity index (χ2v) is 8.52. The minimum absolute atomic E-state index is 0.0340. The number of hydrogen-bond donors (Lipinski definition) is 0. The summed E-state index contributed by atoms with van der Waals surface area (Å²) >= 11 is 0. The lowest BCUT2D eigenvalue weighted by molar-refractivity contribution is 0.0745. The zero-order chi connectivity index (χ0) is 24.1. The number of methoxy groups -OCH3 is 1. The zero-order valence-corrected chi connectivity index (χ0v) is 20.6. The molecule has 0 radical (unpaired) electrons. The maximum Gasteiger partial charge on any atom is 0.257 e. The Labute approximate surface area is 201 Å². The lowest BCUT2D eigenvalue weighted by Crippen LogP contribution is -2.38. The van der Waals surface area contributed by atoms with E-state index in [-0.39, 0.29) is 5.91 Å². The third-order valence-corrected chi connectivity index (χ3v) is 6.45. The molecular formula is C26H34N6O2. The topological polar surface area (TPSA) is 76.4 Å². The number of rotatable bonds is 11. The van der Waals surface area contributed by atoms with E-state index in [4.69, 9.17) is 9.72 Å². The number of likely N-dealkylation sites (N-methyl/N-ethyl adjacent to an activating group) is 2. The van der Waals surface area contributed by atoms with Crippen molar-refractivity contribution in [1.29, 1.82) is 0 Å². The Morgan fingerprint density at radius 2 is 1.91 bits per heavy atom. The highest BCUT2D eigenvalue weighted by molar-refractivity contribution is 5.95. The molecule has 1 fully saturated rings. The van der Waals surface area contributed by atoms with Crippen LogP contribution in [0.15, 0.2) is 42.7 Å². The maximum atomic E-state index is 13.5. The normalized spacial score (nSPS) is 13.3. The molecule has 1 aliphatic carbocycles. The molecule has 1 aliphatic rings. The number of benzene rings is 1. The van der Waals surface area contributed by atoms with Crippen molar-refractivity contribution in [2.75, 3.05) is 39.8 Å². The molecule has 8 nitrogen and oxygen atoms in total. The molecule has 0 spiro atoms. The van der Waals surface area contributed by atoms with Crippen LogP contribution in [0.1, 0.15) is 55.6 Å². The number of carbonyl (C=O) groups is 1. The van der Waals surface area contributed by atoms with Crippen molar-refractivity contribution in [2.45, 2.75) is 39.5 Å². The van der Waals surface area contributed by atoms with Crippen molar-refractivity contribution in [3.8, 4) is 23.0 Å². The van der Waals surface area contributed by atoms with Gasteiger partial charge in [-0.25, -0.2) is 14.6 Å². The summed E-state index contributed by atoms with van der Waals surface area (Å²) in [5, 5.41) is 4.59. The average molecular weight is 463 g/mol. The van der Waals surface area contributed by atoms with Crippen LogP contribution in [0.2, 0.25) is 0 Å². The highest BCUT2D eigenvalue weighted by atomic mass is 16.5. The van der Waals surface area contributed by atoms with Crippen molar-refractivity contribution in [3.63, 3.8) is 0 Å². The molecule has 2 aromatic heterocycles. The fourth-order valence-corrected chi connectivity index (χ4v) is 4.20. The first-order chi connectivity index (χ1) is 16.6. The van der Waals surface area contributed by atoms with Crippen LogP contribution in [0, 0.1) is 0 Å². The Kier molecular flexibility index (Phi) is 7.57. The molecule has 0 unspecified atom stereocenters. The van der Waals surface area contributed by atoms with Gasteiger partial charge in [0.25, 0.3) is 11.9 Å². The van der Waals surface area contributed by atoms with Crippen LogP contribution >= 0.6 is 0 Å². The molecular weight excluding hydrogens is 428 g/mol. The fourth-order valence-electron chi connectivity index (χ4n) is 4.20. The van der Waals surface area contributed by atoms with Gasteiger partial charge >= 0.3 is 0 Å². The minimum atomic E-state index is 0.0340. The van der Waals surface area contributed by atoms with Crippen molar-refractivity contribution in [2.24, 2.45) is 0 Å². The van der Waals surface area contributed by atoms with Gasteiger partial charge in [0.2, 0.25) is 0 Å². The van der Waals surface area contributed by atoms with Crippen molar-refractivity contribution in [3.05, 3.63) is 54.0 Å². The van der Waals surface area contributed by atoms with Crippen LogP contribution in [0.5, 0.6) is 5.75 Å². The highest BCUT2D eigenvalue weighted by Gasteiger charge is 2.34. The fraction of sp³-hybridized carbons (Fsp3) is 0.462. The van der Waals surface area contributed by atoms with Gasteiger partial charge < -0.3 is 14.5 Å². The molecule has 1 aromatic carbocycles. The highest BCUT2D eigenvalue weighted by Crippen LogP contribution is 2.42. The molecule has 1 amide bonds. The van der Waals surface area contributed by atoms with Crippen LogP contribution in [0.3, 0.4) is 0 Å². The van der Waals surface area contributed by atoms with E-state index >= 15 is 0 Å². The van der Waals surface area contributed by atoms with Gasteiger partial charge in [-0.15, -0.1) is 0 Å². The first-order valence-corrected chi connectivity index (χ1v) is 12.2. The number of nitrogens with zero attached hydrogens (tertiary/aromatic N) is 6. The summed E-state index contributed by atoms with van der Waals surface area (Å²) in [7, 11) is 1.65. The van der Waals surface area contributed by atoms with Gasteiger partial charge in [0.05, 0.1) is 30.3 Å². The van der Waals surface area contributed by atoms with Gasteiger partial charge in [0.1, 0.15) is 5.75 Å². The molecule has 2 heterocycles. The number of hydrogen-bond acceptors (Lipinski definition) is 6. The average Bonchev–Trinajstić information content (AvgIpc) is 3.64. The van der Waals surface area contributed by atoms with Crippen molar-refractivity contribution in [1.82, 2.24) is 29.5 Å². The first kappa shape index (κ1) is 23.9. The Morgan fingerprint density at radius 1 is 1.12 bits per heavy atom. The molecule has 0 N–H and O–H groups in total. The molecule has 0 aliphatic heterocycles. The van der Waals surface area contributed by atoms with E-state index in [1.54, 1.807) is 24.2 Å². The molecule has 1 saturated carbocycles. The molecule has 0 saturated heterocycles. The minimum Gasteiger partial charge on any atom is -0.497 e. The Balaban J connectivity index is 1.64. The Hall–Kier alpha value is -3.26. The van der Waals surface area contributed by atoms with Crippen LogP contribution in [-0.2, 0) is 0 Å². The SMILES string of the molecule is CCN(CC)CCN(CC)C(=O)c1cnn(-c2nccc(-c3cccc(OC)c3)n2)c1C1CC1. The van der Waals surface area contributed by atoms with Crippen LogP contribution < -0.4 is 4.74 Å². The third-order valence-electron chi connectivity index (χ3n) is 6.45. The largest absolute Gasteiger partial charge is 0.497 e. The van der Waals surface area contributed by atoms with E-state index in [0.717, 1.165) is 55.2 Å². The van der Waals surface area contributed by atoms with Crippen LogP contribution in [-0.4, -0.2) is 75.3 Å². The van der Waals surface area contributed by atoms with Gasteiger partial charge in [0.15, 0.2) is 0 Å². The summed E-state index contributed by atoms with van der Waals surface area (Å²) < 4.78 is 7.11. The van der Waals surface area contributed by atoms with E-state index in [2.05, 4.69) is 28.8 Å². The molecule has 34 heavy (non-hydrogen) atoms. The predicted molar refractivity (Wildman–Crippen MR) is 132 cm³/mol. The molecule has 4 rings (SSSR count). The number of ether oxygens (including phenoxy) is 1. The summed E-state index contributed by atoms with van der Waals surface area (Å²) in [6.07, 6.45) is 5.53. The Bertz CT molecular complexity index is 1120. The van der Waals surface area contributed by atoms with E-state index in [1.807, 2.05) is 42.2 Å². The standard InChI is InChI=1S/C26H34N6O2/c1-5-30(6-2)15-16-31(7-3)25(33)22-18-28-32(24(22)19-11-12-19)26-27-14-13-23(29-26)20-9-8-10-21(17-20)34-4/h8-10,13-14,17-19H,5-7,11-12,15-16H2,1-4H3. The monoisotopic (exact) mass is 462 g/mol. The zero-order valence-electron chi connectivity index (χ0n) is 20.6. The molecule has 3 aromatic rings. The van der Waals surface area contributed by atoms with E-state index < -0.39 is 0 Å². The van der Waals surface area contributed by atoms with E-state index in [0.29, 0.717) is 30.5 Å². The van der Waals surface area contributed by atoms with Gasteiger partial charge in [-0.1, -0.05) is 26.0 Å².